The Bertz CT molecular complexity index is 404. The van der Waals surface area contributed by atoms with Gasteiger partial charge in [0.15, 0.2) is 0 Å². The van der Waals surface area contributed by atoms with Crippen LogP contribution in [0.25, 0.3) is 0 Å². The minimum atomic E-state index is -2.55. The summed E-state index contributed by atoms with van der Waals surface area (Å²) in [5.41, 5.74) is 1.06. The van der Waals surface area contributed by atoms with Gasteiger partial charge in [-0.05, 0) is 24.5 Å². The van der Waals surface area contributed by atoms with Gasteiger partial charge in [-0.3, -0.25) is 4.57 Å². The van der Waals surface area contributed by atoms with E-state index < -0.39 is 8.03 Å². The van der Waals surface area contributed by atoms with Crippen LogP contribution in [0.5, 0.6) is 0 Å². The van der Waals surface area contributed by atoms with Crippen LogP contribution in [-0.2, 0) is 11.0 Å². The van der Waals surface area contributed by atoms with Crippen molar-refractivity contribution in [2.45, 2.75) is 77.6 Å². The molecular weight excluding hydrogens is 279 g/mol. The lowest BCUT2D eigenvalue weighted by atomic mass is 10.0. The van der Waals surface area contributed by atoms with Crippen LogP contribution in [0.1, 0.15) is 76.7 Å². The Morgan fingerprint density at radius 1 is 0.857 bits per heavy atom. The molecule has 3 heteroatoms. The molecule has 0 spiro atoms. The highest BCUT2D eigenvalue weighted by molar-refractivity contribution is 7.47. The third-order valence-electron chi connectivity index (χ3n) is 4.05. The average molecular weight is 310 g/mol. The van der Waals surface area contributed by atoms with E-state index in [0.29, 0.717) is 5.30 Å². The topological polar surface area (TPSA) is 37.3 Å². The highest BCUT2D eigenvalue weighted by Gasteiger charge is 2.05. The molecule has 0 aliphatic heterocycles. The van der Waals surface area contributed by atoms with E-state index in [1.807, 2.05) is 18.2 Å². The summed E-state index contributed by atoms with van der Waals surface area (Å²) < 4.78 is 11.3. The monoisotopic (exact) mass is 310 g/mol. The largest absolute Gasteiger partial charge is 0.343 e. The van der Waals surface area contributed by atoms with Crippen molar-refractivity contribution in [1.82, 2.24) is 0 Å². The number of hydrogen-bond acceptors (Lipinski definition) is 1. The van der Waals surface area contributed by atoms with Gasteiger partial charge in [0, 0.05) is 5.30 Å². The van der Waals surface area contributed by atoms with E-state index in [0.717, 1.165) is 18.4 Å². The smallest absolute Gasteiger partial charge is 0.218 e. The fraction of sp³-hybridized carbons (Fsp3) is 0.667. The summed E-state index contributed by atoms with van der Waals surface area (Å²) in [6.07, 6.45) is 14.2. The van der Waals surface area contributed by atoms with Crippen molar-refractivity contribution in [2.75, 3.05) is 0 Å². The SMILES string of the molecule is CCCCCCCCCCCCc1ccccc1[PH](=O)O. The Kier molecular flexibility index (Phi) is 10.6. The molecule has 0 bridgehead atoms. The maximum atomic E-state index is 11.3. The van der Waals surface area contributed by atoms with E-state index in [9.17, 15) is 9.46 Å². The van der Waals surface area contributed by atoms with Crippen molar-refractivity contribution >= 4 is 13.3 Å². The van der Waals surface area contributed by atoms with Crippen LogP contribution in [-0.4, -0.2) is 4.89 Å². The third-order valence-corrected chi connectivity index (χ3v) is 5.00. The molecule has 0 heterocycles. The molecule has 0 aliphatic rings. The van der Waals surface area contributed by atoms with Crippen LogP contribution in [0.3, 0.4) is 0 Å². The number of benzene rings is 1. The van der Waals surface area contributed by atoms with E-state index in [1.54, 1.807) is 6.07 Å². The first-order valence-corrected chi connectivity index (χ1v) is 9.92. The summed E-state index contributed by atoms with van der Waals surface area (Å²) in [7, 11) is -2.55. The first-order chi connectivity index (χ1) is 10.3. The second kappa shape index (κ2) is 12.0. The Hall–Kier alpha value is -0.590. The molecule has 0 fully saturated rings. The maximum Gasteiger partial charge on any atom is 0.218 e. The quantitative estimate of drug-likeness (QED) is 0.423. The summed E-state index contributed by atoms with van der Waals surface area (Å²) in [5.74, 6) is 0. The van der Waals surface area contributed by atoms with Crippen LogP contribution in [0.2, 0.25) is 0 Å². The lowest BCUT2D eigenvalue weighted by Gasteiger charge is -2.06. The van der Waals surface area contributed by atoms with Gasteiger partial charge in [-0.15, -0.1) is 0 Å². The van der Waals surface area contributed by atoms with Crippen molar-refractivity contribution < 1.29 is 9.46 Å². The van der Waals surface area contributed by atoms with Crippen LogP contribution in [0.4, 0.5) is 0 Å². The molecule has 1 rings (SSSR count). The standard InChI is InChI=1S/C18H31O2P/c1-2-3-4-5-6-7-8-9-10-11-14-17-15-12-13-16-18(17)21(19)20/h12-13,15-16,21H,2-11,14H2,1H3,(H,19,20). The zero-order valence-electron chi connectivity index (χ0n) is 13.4. The number of rotatable bonds is 12. The first kappa shape index (κ1) is 18.5. The molecule has 0 aliphatic carbocycles. The number of aryl methyl sites for hydroxylation is 1. The van der Waals surface area contributed by atoms with Crippen molar-refractivity contribution in [3.8, 4) is 0 Å². The van der Waals surface area contributed by atoms with Gasteiger partial charge in [0.25, 0.3) is 0 Å². The van der Waals surface area contributed by atoms with E-state index in [4.69, 9.17) is 0 Å². The fourth-order valence-corrected chi connectivity index (χ4v) is 3.47. The van der Waals surface area contributed by atoms with Crippen molar-refractivity contribution in [3.63, 3.8) is 0 Å². The third kappa shape index (κ3) is 8.44. The van der Waals surface area contributed by atoms with Crippen LogP contribution < -0.4 is 5.30 Å². The average Bonchev–Trinajstić information content (AvgIpc) is 2.49. The number of hydrogen-bond donors (Lipinski definition) is 1. The van der Waals surface area contributed by atoms with Gasteiger partial charge in [-0.2, -0.15) is 0 Å². The Labute approximate surface area is 130 Å². The molecular formula is C18H31O2P. The summed E-state index contributed by atoms with van der Waals surface area (Å²) in [4.78, 5) is 9.31. The Morgan fingerprint density at radius 3 is 1.95 bits per heavy atom. The first-order valence-electron chi connectivity index (χ1n) is 8.57. The lowest BCUT2D eigenvalue weighted by Crippen LogP contribution is -2.04. The molecule has 1 atom stereocenters. The zero-order chi connectivity index (χ0) is 15.3. The molecule has 0 aromatic heterocycles. The second-order valence-electron chi connectivity index (χ2n) is 5.89. The predicted octanol–water partition coefficient (Wildman–Crippen LogP) is 5.24. The fourth-order valence-electron chi connectivity index (χ4n) is 2.75. The van der Waals surface area contributed by atoms with E-state index in [1.165, 1.54) is 57.8 Å². The summed E-state index contributed by atoms with van der Waals surface area (Å²) in [6.45, 7) is 2.26. The minimum absolute atomic E-state index is 0.651. The predicted molar refractivity (Wildman–Crippen MR) is 92.8 cm³/mol. The van der Waals surface area contributed by atoms with E-state index in [-0.39, 0.29) is 0 Å². The van der Waals surface area contributed by atoms with Gasteiger partial charge >= 0.3 is 0 Å². The summed E-state index contributed by atoms with van der Waals surface area (Å²) >= 11 is 0. The van der Waals surface area contributed by atoms with Crippen LogP contribution in [0.15, 0.2) is 24.3 Å². The van der Waals surface area contributed by atoms with Crippen molar-refractivity contribution in [3.05, 3.63) is 29.8 Å². The van der Waals surface area contributed by atoms with E-state index >= 15 is 0 Å². The van der Waals surface area contributed by atoms with Gasteiger partial charge in [-0.1, -0.05) is 82.9 Å². The molecule has 1 N–H and O–H groups in total. The molecule has 120 valence electrons. The van der Waals surface area contributed by atoms with Crippen molar-refractivity contribution in [1.29, 1.82) is 0 Å². The van der Waals surface area contributed by atoms with Crippen LogP contribution in [0, 0.1) is 0 Å². The van der Waals surface area contributed by atoms with Gasteiger partial charge in [0.05, 0.1) is 0 Å². The molecule has 21 heavy (non-hydrogen) atoms. The lowest BCUT2D eigenvalue weighted by molar-refractivity contribution is 0.513. The molecule has 0 saturated carbocycles. The molecule has 1 aromatic rings. The van der Waals surface area contributed by atoms with Gasteiger partial charge < -0.3 is 4.89 Å². The highest BCUT2D eigenvalue weighted by Crippen LogP contribution is 2.18. The molecule has 0 amide bonds. The summed E-state index contributed by atoms with van der Waals surface area (Å²) in [6, 6.07) is 7.57. The molecule has 0 radical (unpaired) electrons. The van der Waals surface area contributed by atoms with E-state index in [2.05, 4.69) is 6.92 Å². The normalized spacial score (nSPS) is 12.5. The second-order valence-corrected chi connectivity index (χ2v) is 7.04. The van der Waals surface area contributed by atoms with Gasteiger partial charge in [-0.25, -0.2) is 0 Å². The molecule has 1 aromatic carbocycles. The molecule has 0 saturated heterocycles. The number of unbranched alkanes of at least 4 members (excludes halogenated alkanes) is 9. The Morgan fingerprint density at radius 2 is 1.38 bits per heavy atom. The molecule has 1 unspecified atom stereocenters. The van der Waals surface area contributed by atoms with Gasteiger partial charge in [0.2, 0.25) is 8.03 Å². The van der Waals surface area contributed by atoms with Crippen LogP contribution >= 0.6 is 8.03 Å². The van der Waals surface area contributed by atoms with Crippen molar-refractivity contribution in [2.24, 2.45) is 0 Å². The maximum absolute atomic E-state index is 11.3. The molecule has 2 nitrogen and oxygen atoms in total. The zero-order valence-corrected chi connectivity index (χ0v) is 14.4. The highest BCUT2D eigenvalue weighted by atomic mass is 31.1. The van der Waals surface area contributed by atoms with Gasteiger partial charge in [0.1, 0.15) is 0 Å². The Balaban J connectivity index is 2.06. The minimum Gasteiger partial charge on any atom is -0.343 e. The summed E-state index contributed by atoms with van der Waals surface area (Å²) in [5, 5.41) is 0.651.